The van der Waals surface area contributed by atoms with Crippen molar-refractivity contribution in [1.29, 1.82) is 0 Å². The number of amides is 1. The highest BCUT2D eigenvalue weighted by Gasteiger charge is 2.17. The average Bonchev–Trinajstić information content (AvgIpc) is 2.90. The second kappa shape index (κ2) is 8.56. The molecule has 1 aromatic carbocycles. The van der Waals surface area contributed by atoms with Crippen LogP contribution in [0, 0.1) is 0 Å². The minimum atomic E-state index is -0.107. The predicted molar refractivity (Wildman–Crippen MR) is 90.4 cm³/mol. The van der Waals surface area contributed by atoms with Gasteiger partial charge in [0, 0.05) is 12.6 Å². The molecular formula is C16H23ClN4O. The molecule has 0 aliphatic rings. The summed E-state index contributed by atoms with van der Waals surface area (Å²) in [5.41, 5.74) is 8.28. The van der Waals surface area contributed by atoms with E-state index in [0.717, 1.165) is 17.7 Å². The summed E-state index contributed by atoms with van der Waals surface area (Å²) < 4.78 is 1.89. The van der Waals surface area contributed by atoms with Crippen molar-refractivity contribution in [3.63, 3.8) is 0 Å². The van der Waals surface area contributed by atoms with Gasteiger partial charge < -0.3 is 11.1 Å². The van der Waals surface area contributed by atoms with Gasteiger partial charge in [-0.05, 0) is 18.9 Å². The summed E-state index contributed by atoms with van der Waals surface area (Å²) in [5.74, 6) is -0.107. The zero-order valence-corrected chi connectivity index (χ0v) is 13.8. The standard InChI is InChI=1S/C16H22N4O.ClH/c1-3-15-14(16(21)19-12(2)9-17)10-18-20(15)11-13-7-5-4-6-8-13;/h4-8,10,12H,3,9,11,17H2,1-2H3,(H,19,21);1H/t12-;/m0./s1. The highest BCUT2D eigenvalue weighted by atomic mass is 35.5. The van der Waals surface area contributed by atoms with Crippen molar-refractivity contribution >= 4 is 18.3 Å². The molecule has 0 unspecified atom stereocenters. The van der Waals surface area contributed by atoms with Crippen LogP contribution in [0.2, 0.25) is 0 Å². The summed E-state index contributed by atoms with van der Waals surface area (Å²) in [4.78, 5) is 12.2. The SMILES string of the molecule is CCc1c(C(=O)N[C@@H](C)CN)cnn1Cc1ccccc1.Cl. The fourth-order valence-corrected chi connectivity index (χ4v) is 2.23. The van der Waals surface area contributed by atoms with Crippen LogP contribution < -0.4 is 11.1 Å². The first-order chi connectivity index (χ1) is 10.2. The zero-order chi connectivity index (χ0) is 15.2. The van der Waals surface area contributed by atoms with Crippen molar-refractivity contribution in [1.82, 2.24) is 15.1 Å². The fourth-order valence-electron chi connectivity index (χ4n) is 2.23. The van der Waals surface area contributed by atoms with E-state index >= 15 is 0 Å². The monoisotopic (exact) mass is 322 g/mol. The molecule has 0 bridgehead atoms. The van der Waals surface area contributed by atoms with Gasteiger partial charge in [0.25, 0.3) is 5.91 Å². The summed E-state index contributed by atoms with van der Waals surface area (Å²) in [6, 6.07) is 10.1. The molecule has 1 amide bonds. The average molecular weight is 323 g/mol. The molecule has 0 saturated carbocycles. The van der Waals surface area contributed by atoms with Crippen molar-refractivity contribution in [3.05, 3.63) is 53.3 Å². The van der Waals surface area contributed by atoms with Gasteiger partial charge in [0.05, 0.1) is 24.0 Å². The number of nitrogens with one attached hydrogen (secondary N) is 1. The Bertz CT molecular complexity index is 597. The lowest BCUT2D eigenvalue weighted by atomic mass is 10.1. The molecule has 1 atom stereocenters. The molecule has 6 heteroatoms. The van der Waals surface area contributed by atoms with Crippen LogP contribution in [0.4, 0.5) is 0 Å². The lowest BCUT2D eigenvalue weighted by Gasteiger charge is -2.12. The van der Waals surface area contributed by atoms with Crippen LogP contribution in [0.5, 0.6) is 0 Å². The Labute approximate surface area is 137 Å². The molecule has 1 aromatic heterocycles. The van der Waals surface area contributed by atoms with E-state index in [-0.39, 0.29) is 24.4 Å². The van der Waals surface area contributed by atoms with Gasteiger partial charge in [-0.1, -0.05) is 37.3 Å². The van der Waals surface area contributed by atoms with Crippen molar-refractivity contribution in [2.24, 2.45) is 5.73 Å². The second-order valence-corrected chi connectivity index (χ2v) is 5.11. The van der Waals surface area contributed by atoms with Gasteiger partial charge in [-0.25, -0.2) is 0 Å². The number of hydrogen-bond acceptors (Lipinski definition) is 3. The predicted octanol–water partition coefficient (Wildman–Crippen LogP) is 1.99. The highest BCUT2D eigenvalue weighted by molar-refractivity contribution is 5.95. The van der Waals surface area contributed by atoms with Crippen LogP contribution in [-0.4, -0.2) is 28.3 Å². The van der Waals surface area contributed by atoms with Crippen LogP contribution >= 0.6 is 12.4 Å². The van der Waals surface area contributed by atoms with Gasteiger partial charge in [0.1, 0.15) is 0 Å². The highest BCUT2D eigenvalue weighted by Crippen LogP contribution is 2.12. The van der Waals surface area contributed by atoms with Crippen LogP contribution in [-0.2, 0) is 13.0 Å². The first kappa shape index (κ1) is 18.2. The number of aromatic nitrogens is 2. The summed E-state index contributed by atoms with van der Waals surface area (Å²) in [7, 11) is 0. The summed E-state index contributed by atoms with van der Waals surface area (Å²) in [6.45, 7) is 5.01. The van der Waals surface area contributed by atoms with E-state index in [0.29, 0.717) is 18.7 Å². The van der Waals surface area contributed by atoms with Crippen LogP contribution in [0.15, 0.2) is 36.5 Å². The molecule has 0 saturated heterocycles. The molecule has 120 valence electrons. The van der Waals surface area contributed by atoms with Gasteiger partial charge in [0.15, 0.2) is 0 Å². The third kappa shape index (κ3) is 4.32. The zero-order valence-electron chi connectivity index (χ0n) is 13.0. The van der Waals surface area contributed by atoms with E-state index in [1.54, 1.807) is 6.20 Å². The Morgan fingerprint density at radius 3 is 2.64 bits per heavy atom. The first-order valence-electron chi connectivity index (χ1n) is 7.25. The van der Waals surface area contributed by atoms with Crippen molar-refractivity contribution in [2.75, 3.05) is 6.54 Å². The lowest BCUT2D eigenvalue weighted by Crippen LogP contribution is -2.38. The molecule has 5 nitrogen and oxygen atoms in total. The Kier molecular flexibility index (Phi) is 7.08. The molecule has 0 fully saturated rings. The number of halogens is 1. The number of carbonyl (C=O) groups excluding carboxylic acids is 1. The van der Waals surface area contributed by atoms with Gasteiger partial charge >= 0.3 is 0 Å². The smallest absolute Gasteiger partial charge is 0.255 e. The largest absolute Gasteiger partial charge is 0.348 e. The van der Waals surface area contributed by atoms with E-state index in [1.807, 2.05) is 36.7 Å². The van der Waals surface area contributed by atoms with Crippen molar-refractivity contribution in [2.45, 2.75) is 32.9 Å². The number of nitrogens with zero attached hydrogens (tertiary/aromatic N) is 2. The molecular weight excluding hydrogens is 300 g/mol. The van der Waals surface area contributed by atoms with Crippen LogP contribution in [0.3, 0.4) is 0 Å². The summed E-state index contributed by atoms with van der Waals surface area (Å²) >= 11 is 0. The van der Waals surface area contributed by atoms with Crippen LogP contribution in [0.25, 0.3) is 0 Å². The molecule has 0 aliphatic carbocycles. The molecule has 0 aliphatic heterocycles. The van der Waals surface area contributed by atoms with E-state index < -0.39 is 0 Å². The van der Waals surface area contributed by atoms with Gasteiger partial charge in [-0.15, -0.1) is 12.4 Å². The molecule has 0 radical (unpaired) electrons. The number of benzene rings is 1. The van der Waals surface area contributed by atoms with Gasteiger partial charge in [0.2, 0.25) is 0 Å². The number of rotatable bonds is 6. The van der Waals surface area contributed by atoms with E-state index in [4.69, 9.17) is 5.73 Å². The summed E-state index contributed by atoms with van der Waals surface area (Å²) in [6.07, 6.45) is 2.40. The molecule has 22 heavy (non-hydrogen) atoms. The normalized spacial score (nSPS) is 11.6. The Hall–Kier alpha value is -1.85. The molecule has 1 heterocycles. The van der Waals surface area contributed by atoms with Gasteiger partial charge in [-0.3, -0.25) is 9.48 Å². The number of carbonyl (C=O) groups is 1. The Morgan fingerprint density at radius 2 is 2.05 bits per heavy atom. The molecule has 3 N–H and O–H groups in total. The molecule has 2 rings (SSSR count). The van der Waals surface area contributed by atoms with E-state index in [1.165, 1.54) is 0 Å². The fraction of sp³-hybridized carbons (Fsp3) is 0.375. The lowest BCUT2D eigenvalue weighted by molar-refractivity contribution is 0.0940. The van der Waals surface area contributed by atoms with Crippen LogP contribution in [0.1, 0.15) is 35.5 Å². The Morgan fingerprint density at radius 1 is 1.36 bits per heavy atom. The minimum absolute atomic E-state index is 0. The first-order valence-corrected chi connectivity index (χ1v) is 7.25. The molecule has 0 spiro atoms. The number of hydrogen-bond donors (Lipinski definition) is 2. The number of nitrogens with two attached hydrogens (primary N) is 1. The van der Waals surface area contributed by atoms with E-state index in [2.05, 4.69) is 22.5 Å². The third-order valence-electron chi connectivity index (χ3n) is 3.43. The van der Waals surface area contributed by atoms with Crippen molar-refractivity contribution in [3.8, 4) is 0 Å². The maximum Gasteiger partial charge on any atom is 0.255 e. The quantitative estimate of drug-likeness (QED) is 0.854. The maximum absolute atomic E-state index is 12.2. The second-order valence-electron chi connectivity index (χ2n) is 5.11. The van der Waals surface area contributed by atoms with Crippen molar-refractivity contribution < 1.29 is 4.79 Å². The topological polar surface area (TPSA) is 72.9 Å². The Balaban J connectivity index is 0.00000242. The third-order valence-corrected chi connectivity index (χ3v) is 3.43. The minimum Gasteiger partial charge on any atom is -0.348 e. The maximum atomic E-state index is 12.2. The summed E-state index contributed by atoms with van der Waals surface area (Å²) in [5, 5.41) is 7.24. The van der Waals surface area contributed by atoms with E-state index in [9.17, 15) is 4.79 Å². The van der Waals surface area contributed by atoms with Gasteiger partial charge in [-0.2, -0.15) is 5.10 Å². The molecule has 2 aromatic rings.